The molecule has 0 aliphatic carbocycles. The first kappa shape index (κ1) is 26.0. The molecule has 3 aromatic rings. The molecule has 0 radical (unpaired) electrons. The van der Waals surface area contributed by atoms with Gasteiger partial charge < -0.3 is 19.6 Å². The van der Waals surface area contributed by atoms with Crippen LogP contribution in [-0.2, 0) is 17.8 Å². The number of rotatable bonds is 5. The number of halogens is 1. The molecule has 0 spiro atoms. The second kappa shape index (κ2) is 11.3. The van der Waals surface area contributed by atoms with E-state index in [1.807, 2.05) is 6.92 Å². The van der Waals surface area contributed by atoms with Gasteiger partial charge in [-0.05, 0) is 64.3 Å². The molecule has 2 aliphatic rings. The average Bonchev–Trinajstić information content (AvgIpc) is 3.28. The summed E-state index contributed by atoms with van der Waals surface area (Å²) in [6.45, 7) is 6.73. The Morgan fingerprint density at radius 1 is 1.22 bits per heavy atom. The van der Waals surface area contributed by atoms with E-state index in [4.69, 9.17) is 9.63 Å². The molecule has 2 aliphatic heterocycles. The molecule has 1 fully saturated rings. The van der Waals surface area contributed by atoms with Crippen LogP contribution < -0.4 is 5.56 Å². The van der Waals surface area contributed by atoms with E-state index in [-0.39, 0.29) is 17.8 Å². The van der Waals surface area contributed by atoms with Crippen molar-refractivity contribution in [2.45, 2.75) is 70.9 Å². The quantitative estimate of drug-likeness (QED) is 0.545. The van der Waals surface area contributed by atoms with E-state index in [0.29, 0.717) is 36.7 Å². The predicted molar refractivity (Wildman–Crippen MR) is 131 cm³/mol. The number of aliphatic hydroxyl groups excluding tert-OH is 1. The fourth-order valence-electron chi connectivity index (χ4n) is 4.98. The molecule has 36 heavy (non-hydrogen) atoms. The van der Waals surface area contributed by atoms with Crippen molar-refractivity contribution in [3.05, 3.63) is 57.1 Å². The van der Waals surface area contributed by atoms with Gasteiger partial charge in [-0.25, -0.2) is 9.37 Å². The Labute approximate surface area is 208 Å². The number of hydrogen-bond donors (Lipinski definition) is 2. The Morgan fingerprint density at radius 2 is 1.94 bits per heavy atom. The highest BCUT2D eigenvalue weighted by molar-refractivity contribution is 5.79. The highest BCUT2D eigenvalue weighted by Crippen LogP contribution is 2.32. The van der Waals surface area contributed by atoms with Crippen LogP contribution in [0.5, 0.6) is 0 Å². The fourth-order valence-corrected chi connectivity index (χ4v) is 4.98. The lowest BCUT2D eigenvalue weighted by molar-refractivity contribution is -0.136. The van der Waals surface area contributed by atoms with Gasteiger partial charge in [-0.2, -0.15) is 0 Å². The Kier molecular flexibility index (Phi) is 8.15. The molecule has 2 aromatic heterocycles. The topological polar surface area (TPSA) is 122 Å². The van der Waals surface area contributed by atoms with Crippen LogP contribution in [-0.4, -0.2) is 55.4 Å². The summed E-state index contributed by atoms with van der Waals surface area (Å²) in [4.78, 5) is 29.2. The number of aliphatic hydroxyl groups is 1. The van der Waals surface area contributed by atoms with Gasteiger partial charge in [0.05, 0.1) is 5.69 Å². The van der Waals surface area contributed by atoms with Crippen LogP contribution in [0, 0.1) is 12.7 Å². The fraction of sp³-hybridized carbons (Fsp3) is 0.538. The summed E-state index contributed by atoms with van der Waals surface area (Å²) in [5.74, 6) is -0.257. The summed E-state index contributed by atoms with van der Waals surface area (Å²) in [6.07, 6.45) is 3.60. The Hall–Kier alpha value is -3.11. The largest absolute Gasteiger partial charge is 0.481 e. The van der Waals surface area contributed by atoms with E-state index in [1.165, 1.54) is 12.1 Å². The van der Waals surface area contributed by atoms with Crippen LogP contribution in [0.4, 0.5) is 4.39 Å². The van der Waals surface area contributed by atoms with Gasteiger partial charge in [-0.3, -0.25) is 14.2 Å². The standard InChI is InChI=1S/C23H27FN4O3.C3H6O2/c1-14-17(23(30)28-9-2-3-19(29)22(28)25-14)8-12-27-10-6-15(7-11-27)21-18-5-4-16(24)13-20(18)31-26-21;1-2-3(4)5/h4-5,13,15,19,29H,2-3,6-12H2,1H3;2H2,1H3,(H,4,5). The first-order chi connectivity index (χ1) is 17.3. The van der Waals surface area contributed by atoms with Crippen molar-refractivity contribution in [1.29, 1.82) is 0 Å². The molecule has 0 amide bonds. The van der Waals surface area contributed by atoms with E-state index in [1.54, 1.807) is 17.6 Å². The van der Waals surface area contributed by atoms with E-state index in [0.717, 1.165) is 61.2 Å². The van der Waals surface area contributed by atoms with Crippen LogP contribution in [0.3, 0.4) is 0 Å². The average molecular weight is 501 g/mol. The minimum Gasteiger partial charge on any atom is -0.481 e. The summed E-state index contributed by atoms with van der Waals surface area (Å²) < 4.78 is 20.4. The van der Waals surface area contributed by atoms with Gasteiger partial charge in [0.15, 0.2) is 5.58 Å². The summed E-state index contributed by atoms with van der Waals surface area (Å²) >= 11 is 0. The number of nitrogens with zero attached hydrogens (tertiary/aromatic N) is 4. The second-order valence-electron chi connectivity index (χ2n) is 9.47. The zero-order chi connectivity index (χ0) is 25.8. The maximum Gasteiger partial charge on any atom is 0.303 e. The van der Waals surface area contributed by atoms with Crippen molar-refractivity contribution in [3.63, 3.8) is 0 Å². The number of carboxylic acid groups (broad SMARTS) is 1. The Morgan fingerprint density at radius 3 is 2.64 bits per heavy atom. The van der Waals surface area contributed by atoms with Crippen molar-refractivity contribution in [2.24, 2.45) is 0 Å². The Bertz CT molecular complexity index is 1280. The number of carbonyl (C=O) groups is 1. The molecule has 1 atom stereocenters. The van der Waals surface area contributed by atoms with Gasteiger partial charge in [0, 0.05) is 48.1 Å². The molecule has 1 saturated heterocycles. The molecule has 194 valence electrons. The SMILES string of the molecule is CCC(=O)O.Cc1nc2n(c(=O)c1CCN1CCC(c3noc4cc(F)ccc34)CC1)CCCC2O. The number of aryl methyl sites for hydroxylation is 1. The minimum atomic E-state index is -0.745. The molecule has 0 bridgehead atoms. The van der Waals surface area contributed by atoms with Crippen molar-refractivity contribution >= 4 is 16.9 Å². The highest BCUT2D eigenvalue weighted by atomic mass is 19.1. The second-order valence-corrected chi connectivity index (χ2v) is 9.47. The van der Waals surface area contributed by atoms with Crippen molar-refractivity contribution in [1.82, 2.24) is 19.6 Å². The highest BCUT2D eigenvalue weighted by Gasteiger charge is 2.26. The number of fused-ring (bicyclic) bond motifs is 2. The zero-order valence-corrected chi connectivity index (χ0v) is 20.7. The summed E-state index contributed by atoms with van der Waals surface area (Å²) in [6, 6.07) is 4.58. The van der Waals surface area contributed by atoms with E-state index >= 15 is 0 Å². The number of piperidine rings is 1. The van der Waals surface area contributed by atoms with Gasteiger partial charge in [-0.15, -0.1) is 0 Å². The zero-order valence-electron chi connectivity index (χ0n) is 20.7. The molecule has 2 N–H and O–H groups in total. The van der Waals surface area contributed by atoms with Gasteiger partial charge in [-0.1, -0.05) is 12.1 Å². The van der Waals surface area contributed by atoms with Crippen LogP contribution >= 0.6 is 0 Å². The molecule has 1 unspecified atom stereocenters. The lowest BCUT2D eigenvalue weighted by Gasteiger charge is -2.31. The van der Waals surface area contributed by atoms with Gasteiger partial charge in [0.2, 0.25) is 0 Å². The number of hydrogen-bond acceptors (Lipinski definition) is 7. The molecule has 5 rings (SSSR count). The van der Waals surface area contributed by atoms with Gasteiger partial charge in [0.25, 0.3) is 5.56 Å². The lowest BCUT2D eigenvalue weighted by Crippen LogP contribution is -2.37. The summed E-state index contributed by atoms with van der Waals surface area (Å²) in [7, 11) is 0. The van der Waals surface area contributed by atoms with Gasteiger partial charge >= 0.3 is 5.97 Å². The van der Waals surface area contributed by atoms with Crippen molar-refractivity contribution in [3.8, 4) is 0 Å². The molecule has 10 heteroatoms. The third kappa shape index (κ3) is 5.65. The maximum absolute atomic E-state index is 13.4. The first-order valence-corrected chi connectivity index (χ1v) is 12.6. The normalized spacial score (nSPS) is 18.5. The first-order valence-electron chi connectivity index (χ1n) is 12.6. The van der Waals surface area contributed by atoms with E-state index in [9.17, 15) is 19.1 Å². The minimum absolute atomic E-state index is 0.00237. The number of aliphatic carboxylic acids is 1. The molecular formula is C26H33FN4O5. The maximum atomic E-state index is 13.4. The molecule has 0 saturated carbocycles. The summed E-state index contributed by atoms with van der Waals surface area (Å²) in [5.41, 5.74) is 2.90. The van der Waals surface area contributed by atoms with Crippen LogP contribution in [0.2, 0.25) is 0 Å². The number of benzene rings is 1. The molecular weight excluding hydrogens is 467 g/mol. The van der Waals surface area contributed by atoms with Crippen molar-refractivity contribution in [2.75, 3.05) is 19.6 Å². The van der Waals surface area contributed by atoms with Gasteiger partial charge in [0.1, 0.15) is 17.7 Å². The number of carboxylic acids is 1. The smallest absolute Gasteiger partial charge is 0.303 e. The third-order valence-electron chi connectivity index (χ3n) is 7.07. The van der Waals surface area contributed by atoms with Crippen LogP contribution in [0.15, 0.2) is 27.5 Å². The third-order valence-corrected chi connectivity index (χ3v) is 7.07. The monoisotopic (exact) mass is 500 g/mol. The van der Waals surface area contributed by atoms with Crippen molar-refractivity contribution < 1.29 is 23.9 Å². The summed E-state index contributed by atoms with van der Waals surface area (Å²) in [5, 5.41) is 23.0. The molecule has 1 aromatic carbocycles. The van der Waals surface area contributed by atoms with E-state index in [2.05, 4.69) is 15.0 Å². The Balaban J connectivity index is 0.000000556. The molecule has 4 heterocycles. The number of aromatic nitrogens is 3. The number of likely N-dealkylation sites (tertiary alicyclic amines) is 1. The van der Waals surface area contributed by atoms with E-state index < -0.39 is 12.1 Å². The predicted octanol–water partition coefficient (Wildman–Crippen LogP) is 3.56. The lowest BCUT2D eigenvalue weighted by atomic mass is 9.91. The van der Waals surface area contributed by atoms with Crippen LogP contribution in [0.25, 0.3) is 11.0 Å². The van der Waals surface area contributed by atoms with Crippen LogP contribution in [0.1, 0.15) is 73.8 Å². The molecule has 9 nitrogen and oxygen atoms in total.